The Hall–Kier alpha value is -0.860. The molecule has 1 aliphatic heterocycles. The zero-order valence-corrected chi connectivity index (χ0v) is 14.6. The molecule has 22 heavy (non-hydrogen) atoms. The fourth-order valence-electron chi connectivity index (χ4n) is 3.10. The van der Waals surface area contributed by atoms with Crippen molar-refractivity contribution >= 4 is 0 Å². The van der Waals surface area contributed by atoms with Gasteiger partial charge in [-0.15, -0.1) is 0 Å². The monoisotopic (exact) mass is 304 g/mol. The molecule has 1 heterocycles. The lowest BCUT2D eigenvalue weighted by molar-refractivity contribution is -0.266. The van der Waals surface area contributed by atoms with Crippen LogP contribution in [0.5, 0.6) is 0 Å². The van der Waals surface area contributed by atoms with Gasteiger partial charge in [0.25, 0.3) is 0 Å². The minimum Gasteiger partial charge on any atom is -0.350 e. The molecule has 2 heteroatoms. The average molecular weight is 304 g/mol. The van der Waals surface area contributed by atoms with Crippen LogP contribution in [0.1, 0.15) is 76.3 Å². The van der Waals surface area contributed by atoms with Gasteiger partial charge in [0.15, 0.2) is 5.79 Å². The van der Waals surface area contributed by atoms with Crippen molar-refractivity contribution in [2.45, 2.75) is 77.4 Å². The topological polar surface area (TPSA) is 18.5 Å². The van der Waals surface area contributed by atoms with Crippen molar-refractivity contribution in [3.63, 3.8) is 0 Å². The van der Waals surface area contributed by atoms with Crippen molar-refractivity contribution in [3.05, 3.63) is 35.4 Å². The van der Waals surface area contributed by atoms with Gasteiger partial charge in [-0.3, -0.25) is 0 Å². The van der Waals surface area contributed by atoms with Crippen LogP contribution in [-0.4, -0.2) is 19.0 Å². The van der Waals surface area contributed by atoms with Crippen LogP contribution in [0.15, 0.2) is 24.3 Å². The van der Waals surface area contributed by atoms with Crippen LogP contribution in [0.2, 0.25) is 0 Å². The van der Waals surface area contributed by atoms with E-state index >= 15 is 0 Å². The van der Waals surface area contributed by atoms with E-state index in [4.69, 9.17) is 9.47 Å². The third-order valence-electron chi connectivity index (χ3n) is 4.65. The summed E-state index contributed by atoms with van der Waals surface area (Å²) in [4.78, 5) is 0. The SMILES string of the molecule is CCCCCCC1(C)OCC(c2ccc(CCC)cc2)CO1. The molecule has 2 rings (SSSR count). The Bertz CT molecular complexity index is 416. The van der Waals surface area contributed by atoms with Gasteiger partial charge in [0.05, 0.1) is 13.2 Å². The molecular weight excluding hydrogens is 272 g/mol. The van der Waals surface area contributed by atoms with Gasteiger partial charge in [0.1, 0.15) is 0 Å². The van der Waals surface area contributed by atoms with Crippen molar-refractivity contribution in [1.82, 2.24) is 0 Å². The average Bonchev–Trinajstić information content (AvgIpc) is 2.54. The molecule has 0 unspecified atom stereocenters. The number of unbranched alkanes of at least 4 members (excludes halogenated alkanes) is 3. The van der Waals surface area contributed by atoms with Gasteiger partial charge >= 0.3 is 0 Å². The van der Waals surface area contributed by atoms with Gasteiger partial charge in [0, 0.05) is 12.3 Å². The van der Waals surface area contributed by atoms with Gasteiger partial charge in [-0.1, -0.05) is 63.8 Å². The molecule has 1 aromatic rings. The maximum Gasteiger partial charge on any atom is 0.165 e. The van der Waals surface area contributed by atoms with Gasteiger partial charge in [0.2, 0.25) is 0 Å². The van der Waals surface area contributed by atoms with Crippen molar-refractivity contribution in [2.75, 3.05) is 13.2 Å². The Kier molecular flexibility index (Phi) is 6.91. The highest BCUT2D eigenvalue weighted by Crippen LogP contribution is 2.31. The highest BCUT2D eigenvalue weighted by molar-refractivity contribution is 5.26. The van der Waals surface area contributed by atoms with Crippen LogP contribution in [0.4, 0.5) is 0 Å². The van der Waals surface area contributed by atoms with Gasteiger partial charge in [-0.25, -0.2) is 0 Å². The molecule has 0 N–H and O–H groups in total. The zero-order valence-electron chi connectivity index (χ0n) is 14.6. The standard InChI is InChI=1S/C20H32O2/c1-4-6-7-8-14-20(3)21-15-19(16-22-20)18-12-10-17(9-5-2)11-13-18/h10-13,19H,4-9,14-16H2,1-3H3. The molecule has 0 spiro atoms. The van der Waals surface area contributed by atoms with Crippen LogP contribution < -0.4 is 0 Å². The first-order valence-corrected chi connectivity index (χ1v) is 9.03. The minimum atomic E-state index is -0.369. The van der Waals surface area contributed by atoms with Gasteiger partial charge in [-0.05, 0) is 30.9 Å². The lowest BCUT2D eigenvalue weighted by atomic mass is 9.97. The van der Waals surface area contributed by atoms with E-state index in [0.717, 1.165) is 26.1 Å². The number of ether oxygens (including phenoxy) is 2. The Morgan fingerprint density at radius 3 is 2.23 bits per heavy atom. The lowest BCUT2D eigenvalue weighted by Crippen LogP contribution is -2.40. The van der Waals surface area contributed by atoms with Crippen LogP contribution in [0.3, 0.4) is 0 Å². The number of hydrogen-bond donors (Lipinski definition) is 0. The molecule has 0 aliphatic carbocycles. The lowest BCUT2D eigenvalue weighted by Gasteiger charge is -2.38. The van der Waals surface area contributed by atoms with E-state index in [-0.39, 0.29) is 5.79 Å². The summed E-state index contributed by atoms with van der Waals surface area (Å²) in [5.41, 5.74) is 2.76. The Morgan fingerprint density at radius 2 is 1.64 bits per heavy atom. The van der Waals surface area contributed by atoms with Crippen molar-refractivity contribution in [1.29, 1.82) is 0 Å². The Morgan fingerprint density at radius 1 is 0.955 bits per heavy atom. The second-order valence-electron chi connectivity index (χ2n) is 6.75. The summed E-state index contributed by atoms with van der Waals surface area (Å²) in [6.45, 7) is 8.11. The third-order valence-corrected chi connectivity index (χ3v) is 4.65. The maximum absolute atomic E-state index is 6.07. The van der Waals surface area contributed by atoms with E-state index in [1.807, 2.05) is 0 Å². The number of benzene rings is 1. The summed E-state index contributed by atoms with van der Waals surface area (Å²) >= 11 is 0. The van der Waals surface area contributed by atoms with E-state index in [1.165, 1.54) is 43.2 Å². The van der Waals surface area contributed by atoms with Crippen molar-refractivity contribution in [2.24, 2.45) is 0 Å². The number of hydrogen-bond acceptors (Lipinski definition) is 2. The Balaban J connectivity index is 1.80. The fraction of sp³-hybridized carbons (Fsp3) is 0.700. The van der Waals surface area contributed by atoms with E-state index in [9.17, 15) is 0 Å². The molecule has 1 fully saturated rings. The van der Waals surface area contributed by atoms with Gasteiger partial charge in [-0.2, -0.15) is 0 Å². The predicted octanol–water partition coefficient (Wildman–Crippen LogP) is 5.46. The molecule has 1 saturated heterocycles. The molecule has 0 aromatic heterocycles. The van der Waals surface area contributed by atoms with E-state index in [0.29, 0.717) is 5.92 Å². The van der Waals surface area contributed by atoms with Crippen LogP contribution in [0, 0.1) is 0 Å². The molecular formula is C20H32O2. The van der Waals surface area contributed by atoms with E-state index < -0.39 is 0 Å². The molecule has 0 amide bonds. The normalized spacial score (nSPS) is 25.3. The first-order valence-electron chi connectivity index (χ1n) is 9.03. The number of aryl methyl sites for hydroxylation is 1. The van der Waals surface area contributed by atoms with Crippen LogP contribution >= 0.6 is 0 Å². The van der Waals surface area contributed by atoms with Crippen molar-refractivity contribution < 1.29 is 9.47 Å². The van der Waals surface area contributed by atoms with Crippen molar-refractivity contribution in [3.8, 4) is 0 Å². The first-order chi connectivity index (χ1) is 10.7. The highest BCUT2D eigenvalue weighted by Gasteiger charge is 2.32. The third kappa shape index (κ3) is 5.10. The highest BCUT2D eigenvalue weighted by atomic mass is 16.7. The van der Waals surface area contributed by atoms with E-state index in [1.54, 1.807) is 0 Å². The second-order valence-corrected chi connectivity index (χ2v) is 6.75. The minimum absolute atomic E-state index is 0.369. The van der Waals surface area contributed by atoms with Crippen LogP contribution in [0.25, 0.3) is 0 Å². The molecule has 124 valence electrons. The molecule has 1 aliphatic rings. The molecule has 0 saturated carbocycles. The number of rotatable bonds is 8. The van der Waals surface area contributed by atoms with E-state index in [2.05, 4.69) is 45.0 Å². The summed E-state index contributed by atoms with van der Waals surface area (Å²) in [6, 6.07) is 8.98. The second kappa shape index (κ2) is 8.69. The summed E-state index contributed by atoms with van der Waals surface area (Å²) in [6.07, 6.45) is 8.42. The summed E-state index contributed by atoms with van der Waals surface area (Å²) in [5, 5.41) is 0. The molecule has 0 radical (unpaired) electrons. The zero-order chi connectivity index (χ0) is 15.8. The first kappa shape index (κ1) is 17.5. The molecule has 2 nitrogen and oxygen atoms in total. The predicted molar refractivity (Wildman–Crippen MR) is 92.2 cm³/mol. The largest absolute Gasteiger partial charge is 0.350 e. The van der Waals surface area contributed by atoms with Crippen LogP contribution in [-0.2, 0) is 15.9 Å². The maximum atomic E-state index is 6.07. The molecule has 0 atom stereocenters. The Labute approximate surface area is 136 Å². The summed E-state index contributed by atoms with van der Waals surface area (Å²) < 4.78 is 12.1. The molecule has 0 bridgehead atoms. The fourth-order valence-corrected chi connectivity index (χ4v) is 3.10. The molecule has 1 aromatic carbocycles. The summed E-state index contributed by atoms with van der Waals surface area (Å²) in [5.74, 6) is 0.00578. The smallest absolute Gasteiger partial charge is 0.165 e. The van der Waals surface area contributed by atoms with Gasteiger partial charge < -0.3 is 9.47 Å². The quantitative estimate of drug-likeness (QED) is 0.594. The summed E-state index contributed by atoms with van der Waals surface area (Å²) in [7, 11) is 0.